The number of hydrogen-bond donors (Lipinski definition) is 6. The standard InChI is InChI=1S/C31H35FN8O7/c1-3-31(45)22-7-25-28-20(12-40(25)29(43)21(22)13-47-30(31)44)19(18-6-16(2)23(32)8-24(18)36-28)11-39-10-17(37-38-39)4-5-34-27(42)14-46-15-35-26(41)9-33/h6-8,10,37-38,45H,3-5,9,11-15,33H2,1-2H3,(H,34,42)(H,35,41)/t31-/m0/s1. The van der Waals surface area contributed by atoms with Crippen molar-refractivity contribution < 1.29 is 33.4 Å². The zero-order valence-electron chi connectivity index (χ0n) is 25.9. The fourth-order valence-electron chi connectivity index (χ4n) is 5.99. The van der Waals surface area contributed by atoms with Crippen molar-refractivity contribution in [3.63, 3.8) is 0 Å². The molecule has 5 heterocycles. The van der Waals surface area contributed by atoms with Gasteiger partial charge < -0.3 is 40.9 Å². The van der Waals surface area contributed by atoms with Gasteiger partial charge in [0.2, 0.25) is 11.8 Å². The third-order valence-corrected chi connectivity index (χ3v) is 8.59. The lowest BCUT2D eigenvalue weighted by Gasteiger charge is -2.31. The van der Waals surface area contributed by atoms with Gasteiger partial charge in [0.05, 0.1) is 42.1 Å². The highest BCUT2D eigenvalue weighted by molar-refractivity contribution is 5.89. The lowest BCUT2D eigenvalue weighted by Crippen LogP contribution is -2.44. The molecule has 248 valence electrons. The molecule has 47 heavy (non-hydrogen) atoms. The largest absolute Gasteiger partial charge is 0.458 e. The lowest BCUT2D eigenvalue weighted by molar-refractivity contribution is -0.172. The molecule has 0 spiro atoms. The first-order chi connectivity index (χ1) is 22.5. The minimum absolute atomic E-state index is 0.0180. The summed E-state index contributed by atoms with van der Waals surface area (Å²) in [4.78, 5) is 54.3. The van der Waals surface area contributed by atoms with E-state index < -0.39 is 17.4 Å². The van der Waals surface area contributed by atoms with Gasteiger partial charge in [0.15, 0.2) is 5.60 Å². The number of aromatic nitrogens is 2. The number of amides is 2. The van der Waals surface area contributed by atoms with Crippen LogP contribution in [0.1, 0.15) is 47.6 Å². The highest BCUT2D eigenvalue weighted by Crippen LogP contribution is 2.40. The van der Waals surface area contributed by atoms with E-state index in [0.29, 0.717) is 42.0 Å². The monoisotopic (exact) mass is 650 g/mol. The number of nitrogens with zero attached hydrogens (tertiary/aromatic N) is 3. The van der Waals surface area contributed by atoms with Gasteiger partial charge in [-0.25, -0.2) is 14.2 Å². The molecule has 16 heteroatoms. The van der Waals surface area contributed by atoms with Crippen molar-refractivity contribution in [2.45, 2.75) is 52.0 Å². The molecule has 1 atom stereocenters. The van der Waals surface area contributed by atoms with Crippen molar-refractivity contribution in [1.29, 1.82) is 0 Å². The minimum Gasteiger partial charge on any atom is -0.458 e. The number of halogens is 1. The topological polar surface area (TPSA) is 202 Å². The number of ether oxygens (including phenoxy) is 2. The Bertz CT molecular complexity index is 1890. The van der Waals surface area contributed by atoms with Crippen molar-refractivity contribution in [1.82, 2.24) is 36.2 Å². The first-order valence-corrected chi connectivity index (χ1v) is 15.1. The van der Waals surface area contributed by atoms with Crippen molar-refractivity contribution in [2.24, 2.45) is 5.73 Å². The molecular formula is C31H35FN8O7. The number of aliphatic hydroxyl groups is 1. The Morgan fingerprint density at radius 2 is 2.02 bits per heavy atom. The van der Waals surface area contributed by atoms with Crippen molar-refractivity contribution in [3.8, 4) is 11.4 Å². The molecule has 0 aliphatic carbocycles. The average Bonchev–Trinajstić information content (AvgIpc) is 3.66. The SMILES string of the molecule is CC[C@@]1(O)C(=O)OCc2c1cc1n(c2=O)Cc2c-1nc1cc(F)c(C)cc1c2CN1C=C(CCNC(=O)COCNC(=O)CN)NN1. The van der Waals surface area contributed by atoms with E-state index >= 15 is 0 Å². The molecule has 0 saturated carbocycles. The summed E-state index contributed by atoms with van der Waals surface area (Å²) >= 11 is 0. The number of pyridine rings is 2. The molecule has 0 radical (unpaired) electrons. The molecule has 3 aliphatic rings. The van der Waals surface area contributed by atoms with E-state index in [1.807, 2.05) is 6.20 Å². The van der Waals surface area contributed by atoms with Crippen LogP contribution < -0.4 is 32.9 Å². The third-order valence-electron chi connectivity index (χ3n) is 8.59. The number of carbonyl (C=O) groups is 3. The molecule has 7 N–H and O–H groups in total. The minimum atomic E-state index is -1.96. The fraction of sp³-hybridized carbons (Fsp3) is 0.387. The Kier molecular flexibility index (Phi) is 8.67. The van der Waals surface area contributed by atoms with Gasteiger partial charge >= 0.3 is 5.97 Å². The molecule has 0 fully saturated rings. The van der Waals surface area contributed by atoms with E-state index in [-0.39, 0.29) is 68.0 Å². The van der Waals surface area contributed by atoms with Gasteiger partial charge in [-0.1, -0.05) is 6.92 Å². The van der Waals surface area contributed by atoms with Gasteiger partial charge in [-0.2, -0.15) is 0 Å². The van der Waals surface area contributed by atoms with Crippen molar-refractivity contribution in [3.05, 3.63) is 74.1 Å². The van der Waals surface area contributed by atoms with E-state index in [1.165, 1.54) is 6.07 Å². The number of hydrogen-bond acceptors (Lipinski definition) is 12. The summed E-state index contributed by atoms with van der Waals surface area (Å²) in [5.74, 6) is -1.96. The van der Waals surface area contributed by atoms with Gasteiger partial charge in [-0.05, 0) is 36.6 Å². The summed E-state index contributed by atoms with van der Waals surface area (Å²) in [7, 11) is 0. The molecular weight excluding hydrogens is 615 g/mol. The molecule has 2 amide bonds. The van der Waals surface area contributed by atoms with E-state index in [9.17, 15) is 28.7 Å². The summed E-state index contributed by atoms with van der Waals surface area (Å²) in [6.07, 6.45) is 2.33. The van der Waals surface area contributed by atoms with E-state index in [1.54, 1.807) is 35.6 Å². The number of esters is 1. The molecule has 15 nitrogen and oxygen atoms in total. The fourth-order valence-corrected chi connectivity index (χ4v) is 5.99. The number of carbonyl (C=O) groups excluding carboxylic acids is 3. The van der Waals surface area contributed by atoms with Crippen LogP contribution in [0, 0.1) is 12.7 Å². The van der Waals surface area contributed by atoms with Crippen LogP contribution in [0.3, 0.4) is 0 Å². The molecule has 6 rings (SSSR count). The number of benzene rings is 1. The lowest BCUT2D eigenvalue weighted by atomic mass is 9.86. The number of aryl methyl sites for hydroxylation is 1. The summed E-state index contributed by atoms with van der Waals surface area (Å²) in [5.41, 5.74) is 13.5. The van der Waals surface area contributed by atoms with Crippen LogP contribution in [0.5, 0.6) is 0 Å². The molecule has 0 bridgehead atoms. The van der Waals surface area contributed by atoms with Gasteiger partial charge in [0, 0.05) is 47.4 Å². The van der Waals surface area contributed by atoms with Crippen LogP contribution in [0.15, 0.2) is 34.9 Å². The summed E-state index contributed by atoms with van der Waals surface area (Å²) in [5, 5.41) is 18.9. The second kappa shape index (κ2) is 12.7. The van der Waals surface area contributed by atoms with Crippen LogP contribution in [-0.2, 0) is 49.2 Å². The molecule has 0 unspecified atom stereocenters. The second-order valence-corrected chi connectivity index (χ2v) is 11.6. The Morgan fingerprint density at radius 3 is 2.79 bits per heavy atom. The van der Waals surface area contributed by atoms with E-state index in [0.717, 1.165) is 22.2 Å². The Labute approximate surface area is 267 Å². The average molecular weight is 651 g/mol. The van der Waals surface area contributed by atoms with Crippen LogP contribution in [0.25, 0.3) is 22.3 Å². The van der Waals surface area contributed by atoms with Crippen molar-refractivity contribution in [2.75, 3.05) is 26.4 Å². The second-order valence-electron chi connectivity index (χ2n) is 11.6. The number of fused-ring (bicyclic) bond motifs is 5. The van der Waals surface area contributed by atoms with Crippen LogP contribution >= 0.6 is 0 Å². The molecule has 3 aliphatic heterocycles. The number of hydrazine groups is 2. The maximum Gasteiger partial charge on any atom is 0.343 e. The predicted octanol–water partition coefficient (Wildman–Crippen LogP) is -0.251. The number of cyclic esters (lactones) is 1. The zero-order valence-corrected chi connectivity index (χ0v) is 25.9. The quantitative estimate of drug-likeness (QED) is 0.0707. The Balaban J connectivity index is 1.25. The number of rotatable bonds is 11. The molecule has 3 aromatic rings. The first-order valence-electron chi connectivity index (χ1n) is 15.1. The summed E-state index contributed by atoms with van der Waals surface area (Å²) in [6.45, 7) is 3.37. The predicted molar refractivity (Wildman–Crippen MR) is 165 cm³/mol. The van der Waals surface area contributed by atoms with E-state index in [4.69, 9.17) is 20.2 Å². The summed E-state index contributed by atoms with van der Waals surface area (Å²) in [6, 6.07) is 4.73. The normalized spacial score (nSPS) is 17.9. The van der Waals surface area contributed by atoms with Gasteiger partial charge in [-0.15, -0.1) is 5.53 Å². The number of nitrogens with two attached hydrogens (primary N) is 1. The van der Waals surface area contributed by atoms with Crippen LogP contribution in [0.4, 0.5) is 4.39 Å². The summed E-state index contributed by atoms with van der Waals surface area (Å²) < 4.78 is 26.6. The highest BCUT2D eigenvalue weighted by atomic mass is 19.1. The first kappa shape index (κ1) is 32.1. The molecule has 1 aromatic carbocycles. The van der Waals surface area contributed by atoms with Gasteiger partial charge in [0.25, 0.3) is 5.56 Å². The number of nitrogens with one attached hydrogen (secondary N) is 4. The van der Waals surface area contributed by atoms with E-state index in [2.05, 4.69) is 21.6 Å². The Morgan fingerprint density at radius 1 is 1.21 bits per heavy atom. The molecule has 0 saturated heterocycles. The van der Waals surface area contributed by atoms with Crippen molar-refractivity contribution >= 4 is 28.7 Å². The Hall–Kier alpha value is -4.90. The van der Waals surface area contributed by atoms with Gasteiger partial charge in [-0.3, -0.25) is 19.4 Å². The third kappa shape index (κ3) is 5.91. The maximum absolute atomic E-state index is 14.8. The molecule has 2 aromatic heterocycles. The van der Waals surface area contributed by atoms with Gasteiger partial charge in [0.1, 0.15) is 25.8 Å². The van der Waals surface area contributed by atoms with Crippen LogP contribution in [-0.4, -0.2) is 63.9 Å². The zero-order chi connectivity index (χ0) is 33.5. The van der Waals surface area contributed by atoms with Crippen LogP contribution in [0.2, 0.25) is 0 Å². The highest BCUT2D eigenvalue weighted by Gasteiger charge is 2.45. The smallest absolute Gasteiger partial charge is 0.343 e. The maximum atomic E-state index is 14.8.